The number of halogens is 1. The predicted molar refractivity (Wildman–Crippen MR) is 127 cm³/mol. The van der Waals surface area contributed by atoms with Crippen LogP contribution in [0, 0.1) is 6.92 Å². The van der Waals surface area contributed by atoms with Gasteiger partial charge < -0.3 is 10.2 Å². The number of carbonyl (C=O) groups is 2. The highest BCUT2D eigenvalue weighted by atomic mass is 35.5. The molecule has 162 valence electrons. The van der Waals surface area contributed by atoms with E-state index in [1.54, 1.807) is 29.7 Å². The Morgan fingerprint density at radius 3 is 2.47 bits per heavy atom. The van der Waals surface area contributed by atoms with Gasteiger partial charge in [0.2, 0.25) is 11.8 Å². The topological polar surface area (TPSA) is 49.4 Å². The fraction of sp³-hybridized carbons (Fsp3) is 0.417. The van der Waals surface area contributed by atoms with Gasteiger partial charge in [-0.2, -0.15) is 0 Å². The molecule has 6 heteroatoms. The molecule has 0 radical (unpaired) electrons. The van der Waals surface area contributed by atoms with E-state index in [1.807, 2.05) is 51.1 Å². The normalized spacial score (nSPS) is 12.3. The maximum absolute atomic E-state index is 13.1. The number of benzene rings is 2. The smallest absolute Gasteiger partial charge is 0.242 e. The number of nitrogens with zero attached hydrogens (tertiary/aromatic N) is 1. The molecule has 2 rings (SSSR count). The lowest BCUT2D eigenvalue weighted by Gasteiger charge is -2.31. The molecule has 1 atom stereocenters. The quantitative estimate of drug-likeness (QED) is 0.605. The molecule has 0 aliphatic carbocycles. The monoisotopic (exact) mass is 446 g/mol. The zero-order valence-electron chi connectivity index (χ0n) is 18.4. The molecule has 0 aliphatic heterocycles. The van der Waals surface area contributed by atoms with Crippen LogP contribution < -0.4 is 5.32 Å². The molecular formula is C24H31ClN2O2S. The van der Waals surface area contributed by atoms with Crippen molar-refractivity contribution in [2.75, 3.05) is 5.75 Å². The predicted octanol–water partition coefficient (Wildman–Crippen LogP) is 5.21. The second-order valence-corrected chi connectivity index (χ2v) is 9.91. The summed E-state index contributed by atoms with van der Waals surface area (Å²) >= 11 is 7.68. The molecule has 0 aliphatic rings. The Kier molecular flexibility index (Phi) is 8.80. The maximum atomic E-state index is 13.1. The number of aryl methyl sites for hydroxylation is 1. The fourth-order valence-corrected chi connectivity index (χ4v) is 4.19. The number of thioether (sulfide) groups is 1. The van der Waals surface area contributed by atoms with Gasteiger partial charge in [0, 0.05) is 22.9 Å². The molecule has 0 spiro atoms. The van der Waals surface area contributed by atoms with Crippen LogP contribution in [-0.4, -0.2) is 34.0 Å². The zero-order valence-corrected chi connectivity index (χ0v) is 19.9. The van der Waals surface area contributed by atoms with Crippen LogP contribution in [0.25, 0.3) is 0 Å². The summed E-state index contributed by atoms with van der Waals surface area (Å²) in [6.45, 7) is 9.97. The first-order valence-corrected chi connectivity index (χ1v) is 11.6. The van der Waals surface area contributed by atoms with E-state index >= 15 is 0 Å². The minimum Gasteiger partial charge on any atom is -0.350 e. The van der Waals surface area contributed by atoms with Crippen molar-refractivity contribution in [3.63, 3.8) is 0 Å². The second kappa shape index (κ2) is 10.9. The van der Waals surface area contributed by atoms with Crippen molar-refractivity contribution in [1.82, 2.24) is 10.2 Å². The molecular weight excluding hydrogens is 416 g/mol. The molecule has 2 amide bonds. The summed E-state index contributed by atoms with van der Waals surface area (Å²) in [6.07, 6.45) is 0. The van der Waals surface area contributed by atoms with Crippen LogP contribution in [0.2, 0.25) is 5.02 Å². The van der Waals surface area contributed by atoms with Crippen LogP contribution in [0.1, 0.15) is 44.4 Å². The summed E-state index contributed by atoms with van der Waals surface area (Å²) < 4.78 is 0. The molecule has 4 nitrogen and oxygen atoms in total. The van der Waals surface area contributed by atoms with Crippen LogP contribution in [0.3, 0.4) is 0 Å². The van der Waals surface area contributed by atoms with Crippen molar-refractivity contribution in [3.8, 4) is 0 Å². The van der Waals surface area contributed by atoms with Gasteiger partial charge in [0.05, 0.1) is 5.75 Å². The third kappa shape index (κ3) is 7.69. The van der Waals surface area contributed by atoms with E-state index in [-0.39, 0.29) is 17.4 Å². The number of amides is 2. The maximum Gasteiger partial charge on any atom is 0.242 e. The molecule has 0 bridgehead atoms. The number of hydrogen-bond donors (Lipinski definition) is 1. The van der Waals surface area contributed by atoms with E-state index in [0.717, 1.165) is 11.3 Å². The SMILES string of the molecule is Cc1ccccc1CSCC(=O)N(Cc1cccc(Cl)c1)[C@H](C)C(=O)NC(C)(C)C. The van der Waals surface area contributed by atoms with Crippen molar-refractivity contribution in [1.29, 1.82) is 0 Å². The first-order chi connectivity index (χ1) is 14.1. The fourth-order valence-electron chi connectivity index (χ4n) is 2.99. The molecule has 0 aromatic heterocycles. The Bertz CT molecular complexity index is 880. The van der Waals surface area contributed by atoms with Gasteiger partial charge in [-0.05, 0) is 63.4 Å². The Balaban J connectivity index is 2.11. The van der Waals surface area contributed by atoms with Crippen molar-refractivity contribution in [3.05, 3.63) is 70.2 Å². The molecule has 2 aromatic carbocycles. The van der Waals surface area contributed by atoms with E-state index in [9.17, 15) is 9.59 Å². The lowest BCUT2D eigenvalue weighted by Crippen LogP contribution is -2.52. The third-order valence-corrected chi connectivity index (χ3v) is 5.85. The average Bonchev–Trinajstić information content (AvgIpc) is 2.65. The van der Waals surface area contributed by atoms with Crippen molar-refractivity contribution < 1.29 is 9.59 Å². The Hall–Kier alpha value is -1.98. The molecule has 0 saturated carbocycles. The highest BCUT2D eigenvalue weighted by Crippen LogP contribution is 2.19. The lowest BCUT2D eigenvalue weighted by molar-refractivity contribution is -0.139. The molecule has 0 saturated heterocycles. The van der Waals surface area contributed by atoms with E-state index in [1.165, 1.54) is 11.1 Å². The summed E-state index contributed by atoms with van der Waals surface area (Å²) in [6, 6.07) is 15.0. The molecule has 0 heterocycles. The zero-order chi connectivity index (χ0) is 22.3. The van der Waals surface area contributed by atoms with Crippen LogP contribution in [0.15, 0.2) is 48.5 Å². The summed E-state index contributed by atoms with van der Waals surface area (Å²) in [5.41, 5.74) is 2.96. The van der Waals surface area contributed by atoms with Gasteiger partial charge in [0.15, 0.2) is 0 Å². The second-order valence-electron chi connectivity index (χ2n) is 8.49. The molecule has 0 unspecified atom stereocenters. The molecule has 30 heavy (non-hydrogen) atoms. The molecule has 0 fully saturated rings. The first-order valence-electron chi connectivity index (χ1n) is 10.0. The highest BCUT2D eigenvalue weighted by molar-refractivity contribution is 7.99. The van der Waals surface area contributed by atoms with E-state index in [0.29, 0.717) is 17.3 Å². The van der Waals surface area contributed by atoms with Gasteiger partial charge in [0.25, 0.3) is 0 Å². The van der Waals surface area contributed by atoms with Gasteiger partial charge in [-0.25, -0.2) is 0 Å². The number of rotatable bonds is 8. The summed E-state index contributed by atoms with van der Waals surface area (Å²) in [5, 5.41) is 3.59. The summed E-state index contributed by atoms with van der Waals surface area (Å²) in [5.74, 6) is 0.834. The van der Waals surface area contributed by atoms with Crippen LogP contribution >= 0.6 is 23.4 Å². The van der Waals surface area contributed by atoms with E-state index in [4.69, 9.17) is 11.6 Å². The van der Waals surface area contributed by atoms with Crippen LogP contribution in [-0.2, 0) is 21.9 Å². The molecule has 1 N–H and O–H groups in total. The number of nitrogens with one attached hydrogen (secondary N) is 1. The minimum absolute atomic E-state index is 0.0647. The van der Waals surface area contributed by atoms with Crippen LogP contribution in [0.5, 0.6) is 0 Å². The Morgan fingerprint density at radius 1 is 1.13 bits per heavy atom. The highest BCUT2D eigenvalue weighted by Gasteiger charge is 2.28. The van der Waals surface area contributed by atoms with Crippen molar-refractivity contribution >= 4 is 35.2 Å². The van der Waals surface area contributed by atoms with E-state index < -0.39 is 6.04 Å². The summed E-state index contributed by atoms with van der Waals surface area (Å²) in [4.78, 5) is 27.5. The van der Waals surface area contributed by atoms with Gasteiger partial charge in [-0.15, -0.1) is 11.8 Å². The van der Waals surface area contributed by atoms with Gasteiger partial charge in [0.1, 0.15) is 6.04 Å². The standard InChI is InChI=1S/C24H31ClN2O2S/c1-17-9-6-7-11-20(17)15-30-16-22(28)27(14-19-10-8-12-21(25)13-19)18(2)23(29)26-24(3,4)5/h6-13,18H,14-16H2,1-5H3,(H,26,29)/t18-/m1/s1. The lowest BCUT2D eigenvalue weighted by atomic mass is 10.1. The third-order valence-electron chi connectivity index (χ3n) is 4.65. The first kappa shape index (κ1) is 24.3. The van der Waals surface area contributed by atoms with Gasteiger partial charge in [-0.3, -0.25) is 9.59 Å². The summed E-state index contributed by atoms with van der Waals surface area (Å²) in [7, 11) is 0. The van der Waals surface area contributed by atoms with Crippen LogP contribution in [0.4, 0.5) is 0 Å². The van der Waals surface area contributed by atoms with E-state index in [2.05, 4.69) is 24.4 Å². The van der Waals surface area contributed by atoms with Crippen molar-refractivity contribution in [2.24, 2.45) is 0 Å². The van der Waals surface area contributed by atoms with Crippen molar-refractivity contribution in [2.45, 2.75) is 58.5 Å². The number of carbonyl (C=O) groups excluding carboxylic acids is 2. The average molecular weight is 447 g/mol. The number of hydrogen-bond acceptors (Lipinski definition) is 3. The van der Waals surface area contributed by atoms with Gasteiger partial charge in [-0.1, -0.05) is 48.0 Å². The molecule has 2 aromatic rings. The minimum atomic E-state index is -0.588. The Labute approximate surface area is 189 Å². The van der Waals surface area contributed by atoms with Gasteiger partial charge >= 0.3 is 0 Å². The largest absolute Gasteiger partial charge is 0.350 e. The Morgan fingerprint density at radius 2 is 1.83 bits per heavy atom.